The van der Waals surface area contributed by atoms with E-state index in [2.05, 4.69) is 10.6 Å². The third kappa shape index (κ3) is 7.22. The van der Waals surface area contributed by atoms with Crippen LogP contribution in [0.25, 0.3) is 10.8 Å². The Morgan fingerprint density at radius 3 is 2.11 bits per heavy atom. The number of rotatable bonds is 3. The first kappa shape index (κ1) is 21.7. The van der Waals surface area contributed by atoms with E-state index in [1.165, 1.54) is 0 Å². The standard InChI is InChI=1S/C15H18N4O.C2HF3O2/c1-9(2)18-15(20)19-13-6-5-10-7-12(14(16)17)4-3-11(10)8-13;3-2(4,5)1(6)7/h3-9H,1-2H3,(H3,16,17)(H2,18,19,20);(H,6,7). The molecule has 0 bridgehead atoms. The number of alkyl halides is 3. The van der Waals surface area contributed by atoms with Crippen LogP contribution in [0.15, 0.2) is 36.4 Å². The van der Waals surface area contributed by atoms with Gasteiger partial charge in [-0.05, 0) is 42.8 Å². The van der Waals surface area contributed by atoms with Crippen LogP contribution in [0.4, 0.5) is 23.7 Å². The Balaban J connectivity index is 0.000000445. The molecule has 6 N–H and O–H groups in total. The van der Waals surface area contributed by atoms with Crippen LogP contribution in [0.5, 0.6) is 0 Å². The molecule has 7 nitrogen and oxygen atoms in total. The number of hydrogen-bond acceptors (Lipinski definition) is 3. The molecule has 146 valence electrons. The average molecular weight is 384 g/mol. The first-order valence-corrected chi connectivity index (χ1v) is 7.66. The minimum atomic E-state index is -5.08. The lowest BCUT2D eigenvalue weighted by molar-refractivity contribution is -0.192. The van der Waals surface area contributed by atoms with Crippen molar-refractivity contribution in [3.63, 3.8) is 0 Å². The van der Waals surface area contributed by atoms with Crippen LogP contribution < -0.4 is 16.4 Å². The lowest BCUT2D eigenvalue weighted by atomic mass is 10.1. The second-order valence-electron chi connectivity index (χ2n) is 5.75. The Morgan fingerprint density at radius 2 is 1.63 bits per heavy atom. The van der Waals surface area contributed by atoms with Crippen LogP contribution in [0, 0.1) is 5.41 Å². The van der Waals surface area contributed by atoms with E-state index < -0.39 is 12.1 Å². The number of anilines is 1. The zero-order valence-corrected chi connectivity index (χ0v) is 14.5. The van der Waals surface area contributed by atoms with Gasteiger partial charge < -0.3 is 21.5 Å². The number of nitrogens with one attached hydrogen (secondary N) is 3. The summed E-state index contributed by atoms with van der Waals surface area (Å²) in [5, 5.41) is 22.1. The third-order valence-corrected chi connectivity index (χ3v) is 3.07. The summed E-state index contributed by atoms with van der Waals surface area (Å²) in [6.07, 6.45) is -5.08. The third-order valence-electron chi connectivity index (χ3n) is 3.07. The van der Waals surface area contributed by atoms with Gasteiger partial charge in [-0.2, -0.15) is 13.2 Å². The molecule has 0 aliphatic carbocycles. The van der Waals surface area contributed by atoms with E-state index in [0.29, 0.717) is 5.56 Å². The molecule has 0 saturated carbocycles. The van der Waals surface area contributed by atoms with Crippen molar-refractivity contribution in [2.45, 2.75) is 26.1 Å². The van der Waals surface area contributed by atoms with Crippen molar-refractivity contribution in [2.24, 2.45) is 5.73 Å². The maximum Gasteiger partial charge on any atom is 0.490 e. The number of carbonyl (C=O) groups is 2. The van der Waals surface area contributed by atoms with Crippen molar-refractivity contribution in [3.8, 4) is 0 Å². The molecule has 0 fully saturated rings. The van der Waals surface area contributed by atoms with Crippen molar-refractivity contribution in [1.82, 2.24) is 5.32 Å². The number of benzene rings is 2. The molecule has 27 heavy (non-hydrogen) atoms. The number of hydrogen-bond donors (Lipinski definition) is 5. The smallest absolute Gasteiger partial charge is 0.475 e. The van der Waals surface area contributed by atoms with E-state index in [-0.39, 0.29) is 17.9 Å². The van der Waals surface area contributed by atoms with Gasteiger partial charge in [0.05, 0.1) is 0 Å². The predicted octanol–water partition coefficient (Wildman–Crippen LogP) is 3.29. The number of nitrogens with two attached hydrogens (primary N) is 1. The minimum Gasteiger partial charge on any atom is -0.475 e. The fourth-order valence-corrected chi connectivity index (χ4v) is 1.92. The zero-order chi connectivity index (χ0) is 20.8. The summed E-state index contributed by atoms with van der Waals surface area (Å²) < 4.78 is 31.7. The quantitative estimate of drug-likeness (QED) is 0.411. The van der Waals surface area contributed by atoms with E-state index in [0.717, 1.165) is 16.5 Å². The molecule has 2 aromatic carbocycles. The average Bonchev–Trinajstić information content (AvgIpc) is 2.53. The number of amides is 2. The number of fused-ring (bicyclic) bond motifs is 1. The van der Waals surface area contributed by atoms with Gasteiger partial charge in [-0.3, -0.25) is 5.41 Å². The Bertz CT molecular complexity index is 851. The van der Waals surface area contributed by atoms with Crippen LogP contribution in [0.2, 0.25) is 0 Å². The van der Waals surface area contributed by atoms with Gasteiger partial charge in [0.1, 0.15) is 5.84 Å². The highest BCUT2D eigenvalue weighted by Crippen LogP contribution is 2.20. The van der Waals surface area contributed by atoms with E-state index in [1.54, 1.807) is 6.07 Å². The molecular formula is C17H19F3N4O3. The van der Waals surface area contributed by atoms with E-state index >= 15 is 0 Å². The van der Waals surface area contributed by atoms with Gasteiger partial charge in [0.25, 0.3) is 0 Å². The highest BCUT2D eigenvalue weighted by atomic mass is 19.4. The van der Waals surface area contributed by atoms with E-state index in [4.69, 9.17) is 21.0 Å². The number of carboxylic acid groups (broad SMARTS) is 1. The lowest BCUT2D eigenvalue weighted by Crippen LogP contribution is -2.34. The van der Waals surface area contributed by atoms with Crippen molar-refractivity contribution in [2.75, 3.05) is 5.32 Å². The van der Waals surface area contributed by atoms with Crippen LogP contribution in [-0.2, 0) is 4.79 Å². The summed E-state index contributed by atoms with van der Waals surface area (Å²) in [6, 6.07) is 11.0. The van der Waals surface area contributed by atoms with E-state index in [1.807, 2.05) is 44.2 Å². The second-order valence-corrected chi connectivity index (χ2v) is 5.75. The summed E-state index contributed by atoms with van der Waals surface area (Å²) >= 11 is 0. The molecule has 0 aliphatic heterocycles. The number of carbonyl (C=O) groups excluding carboxylic acids is 1. The van der Waals surface area contributed by atoms with Crippen molar-refractivity contribution < 1.29 is 27.9 Å². The highest BCUT2D eigenvalue weighted by Gasteiger charge is 2.38. The van der Waals surface area contributed by atoms with Gasteiger partial charge in [0.15, 0.2) is 0 Å². The Labute approximate surface area is 152 Å². The van der Waals surface area contributed by atoms with Crippen LogP contribution >= 0.6 is 0 Å². The molecule has 0 saturated heterocycles. The summed E-state index contributed by atoms with van der Waals surface area (Å²) in [6.45, 7) is 3.81. The number of aliphatic carboxylic acids is 1. The predicted molar refractivity (Wildman–Crippen MR) is 95.9 cm³/mol. The zero-order valence-electron chi connectivity index (χ0n) is 14.5. The fraction of sp³-hybridized carbons (Fsp3) is 0.235. The number of urea groups is 1. The molecule has 0 atom stereocenters. The molecule has 0 aliphatic rings. The monoisotopic (exact) mass is 384 g/mol. The number of carboxylic acids is 1. The maximum absolute atomic E-state index is 11.6. The molecule has 2 aromatic rings. The summed E-state index contributed by atoms with van der Waals surface area (Å²) in [4.78, 5) is 20.5. The normalized spacial score (nSPS) is 10.7. The number of amidine groups is 1. The molecule has 0 radical (unpaired) electrons. The molecular weight excluding hydrogens is 365 g/mol. The van der Waals surface area contributed by atoms with Crippen LogP contribution in [0.1, 0.15) is 19.4 Å². The first-order chi connectivity index (χ1) is 12.4. The van der Waals surface area contributed by atoms with Gasteiger partial charge in [-0.1, -0.05) is 18.2 Å². The molecule has 2 amide bonds. The van der Waals surface area contributed by atoms with Crippen LogP contribution in [0.3, 0.4) is 0 Å². The Morgan fingerprint density at radius 1 is 1.11 bits per heavy atom. The van der Waals surface area contributed by atoms with Gasteiger partial charge in [0, 0.05) is 17.3 Å². The fourth-order valence-electron chi connectivity index (χ4n) is 1.92. The maximum atomic E-state index is 11.6. The minimum absolute atomic E-state index is 0.0467. The van der Waals surface area contributed by atoms with E-state index in [9.17, 15) is 18.0 Å². The lowest BCUT2D eigenvalue weighted by Gasteiger charge is -2.11. The second kappa shape index (κ2) is 8.88. The topological polar surface area (TPSA) is 128 Å². The largest absolute Gasteiger partial charge is 0.490 e. The van der Waals surface area contributed by atoms with Gasteiger partial charge in [-0.15, -0.1) is 0 Å². The summed E-state index contributed by atoms with van der Waals surface area (Å²) in [7, 11) is 0. The van der Waals surface area contributed by atoms with Gasteiger partial charge in [-0.25, -0.2) is 9.59 Å². The Hall–Kier alpha value is -3.30. The first-order valence-electron chi connectivity index (χ1n) is 7.66. The number of halogens is 3. The molecule has 0 heterocycles. The highest BCUT2D eigenvalue weighted by molar-refractivity contribution is 6.00. The molecule has 0 aromatic heterocycles. The SMILES string of the molecule is CC(C)NC(=O)Nc1ccc2cc(C(=N)N)ccc2c1.O=C(O)C(F)(F)F. The van der Waals surface area contributed by atoms with Crippen molar-refractivity contribution in [1.29, 1.82) is 5.41 Å². The van der Waals surface area contributed by atoms with Gasteiger partial charge >= 0.3 is 18.2 Å². The molecule has 2 rings (SSSR count). The molecule has 0 unspecified atom stereocenters. The Kier molecular flexibility index (Phi) is 7.15. The summed E-state index contributed by atoms with van der Waals surface area (Å²) in [5.41, 5.74) is 6.88. The molecule has 10 heteroatoms. The number of nitrogen functional groups attached to an aromatic ring is 1. The van der Waals surface area contributed by atoms with Gasteiger partial charge in [0.2, 0.25) is 0 Å². The summed E-state index contributed by atoms with van der Waals surface area (Å²) in [5.74, 6) is -2.71. The molecule has 0 spiro atoms. The van der Waals surface area contributed by atoms with Crippen LogP contribution in [-0.4, -0.2) is 35.2 Å². The van der Waals surface area contributed by atoms with Crippen molar-refractivity contribution >= 4 is 34.3 Å². The van der Waals surface area contributed by atoms with Crippen molar-refractivity contribution in [3.05, 3.63) is 42.0 Å².